The average molecular weight is 368 g/mol. The SMILES string of the molecule is COC1(c2cccc(C(N)=O)c2)C2CCCC1CN([C@H](C)c1cnc[nH]1)C2. The molecule has 1 aromatic heterocycles. The first-order valence-electron chi connectivity index (χ1n) is 9.74. The zero-order chi connectivity index (χ0) is 19.0. The molecule has 1 saturated heterocycles. The van der Waals surface area contributed by atoms with Crippen LogP contribution in [0.15, 0.2) is 36.8 Å². The molecule has 6 heteroatoms. The number of fused-ring (bicyclic) bond motifs is 2. The van der Waals surface area contributed by atoms with Crippen LogP contribution in [0, 0.1) is 11.8 Å². The summed E-state index contributed by atoms with van der Waals surface area (Å²) in [7, 11) is 1.82. The number of ether oxygens (including phenoxy) is 1. The molecule has 3 N–H and O–H groups in total. The van der Waals surface area contributed by atoms with Gasteiger partial charge in [-0.25, -0.2) is 4.98 Å². The molecule has 144 valence electrons. The van der Waals surface area contributed by atoms with Crippen LogP contribution in [0.5, 0.6) is 0 Å². The Morgan fingerprint density at radius 2 is 2.11 bits per heavy atom. The molecule has 1 amide bonds. The van der Waals surface area contributed by atoms with Crippen LogP contribution in [0.25, 0.3) is 0 Å². The fraction of sp³-hybridized carbons (Fsp3) is 0.524. The predicted octanol–water partition coefficient (Wildman–Crippen LogP) is 2.84. The van der Waals surface area contributed by atoms with E-state index in [2.05, 4.69) is 27.9 Å². The monoisotopic (exact) mass is 368 g/mol. The number of piperidine rings is 1. The summed E-state index contributed by atoms with van der Waals surface area (Å²) in [6, 6.07) is 8.02. The van der Waals surface area contributed by atoms with Gasteiger partial charge in [0, 0.05) is 49.8 Å². The summed E-state index contributed by atoms with van der Waals surface area (Å²) in [4.78, 5) is 21.7. The number of H-pyrrole nitrogens is 1. The van der Waals surface area contributed by atoms with Crippen molar-refractivity contribution in [2.45, 2.75) is 37.8 Å². The lowest BCUT2D eigenvalue weighted by molar-refractivity contribution is -0.174. The number of benzene rings is 1. The maximum absolute atomic E-state index is 11.7. The van der Waals surface area contributed by atoms with Crippen molar-refractivity contribution in [3.8, 4) is 0 Å². The maximum Gasteiger partial charge on any atom is 0.248 e. The topological polar surface area (TPSA) is 84.2 Å². The van der Waals surface area contributed by atoms with Crippen molar-refractivity contribution in [1.29, 1.82) is 0 Å². The molecule has 1 aromatic carbocycles. The second-order valence-electron chi connectivity index (χ2n) is 7.90. The van der Waals surface area contributed by atoms with Gasteiger partial charge in [-0.15, -0.1) is 0 Å². The Hall–Kier alpha value is -2.18. The van der Waals surface area contributed by atoms with Crippen molar-refractivity contribution < 1.29 is 9.53 Å². The van der Waals surface area contributed by atoms with Gasteiger partial charge < -0.3 is 15.5 Å². The molecule has 2 aliphatic rings. The summed E-state index contributed by atoms with van der Waals surface area (Å²) in [6.45, 7) is 4.16. The number of nitrogens with one attached hydrogen (secondary N) is 1. The number of nitrogens with zero attached hydrogens (tertiary/aromatic N) is 2. The lowest BCUT2D eigenvalue weighted by Crippen LogP contribution is -2.59. The van der Waals surface area contributed by atoms with Crippen molar-refractivity contribution in [3.05, 3.63) is 53.6 Å². The fourth-order valence-electron chi connectivity index (χ4n) is 5.31. The molecule has 2 bridgehead atoms. The Balaban J connectivity index is 1.68. The number of amides is 1. The molecule has 27 heavy (non-hydrogen) atoms. The molecular formula is C21H28N4O2. The number of methoxy groups -OCH3 is 1. The number of nitrogens with two attached hydrogens (primary N) is 1. The minimum absolute atomic E-state index is 0.294. The quantitative estimate of drug-likeness (QED) is 0.850. The first kappa shape index (κ1) is 18.2. The smallest absolute Gasteiger partial charge is 0.248 e. The highest BCUT2D eigenvalue weighted by Gasteiger charge is 2.53. The van der Waals surface area contributed by atoms with E-state index < -0.39 is 5.91 Å². The molecule has 3 atom stereocenters. The molecule has 0 radical (unpaired) electrons. The van der Waals surface area contributed by atoms with E-state index in [1.165, 1.54) is 6.42 Å². The highest BCUT2D eigenvalue weighted by atomic mass is 16.5. The Morgan fingerprint density at radius 1 is 1.37 bits per heavy atom. The zero-order valence-electron chi connectivity index (χ0n) is 16.0. The summed E-state index contributed by atoms with van der Waals surface area (Å²) in [6.07, 6.45) is 7.12. The summed E-state index contributed by atoms with van der Waals surface area (Å²) < 4.78 is 6.29. The number of hydrogen-bond acceptors (Lipinski definition) is 4. The Morgan fingerprint density at radius 3 is 2.70 bits per heavy atom. The second kappa shape index (κ2) is 7.09. The first-order chi connectivity index (χ1) is 13.1. The first-order valence-corrected chi connectivity index (χ1v) is 9.74. The van der Waals surface area contributed by atoms with Crippen LogP contribution in [0.4, 0.5) is 0 Å². The number of carbonyl (C=O) groups excluding carboxylic acids is 1. The molecule has 0 spiro atoms. The number of aromatic nitrogens is 2. The Kier molecular flexibility index (Phi) is 4.78. The van der Waals surface area contributed by atoms with E-state index in [1.54, 1.807) is 12.4 Å². The van der Waals surface area contributed by atoms with Gasteiger partial charge in [-0.3, -0.25) is 9.69 Å². The normalized spacial score (nSPS) is 29.4. The third-order valence-electron chi connectivity index (χ3n) is 6.68. The number of imidazole rings is 1. The standard InChI is InChI=1S/C21H28N4O2/c1-14(19-10-23-13-24-19)25-11-17-7-4-8-18(12-25)21(17,27-2)16-6-3-5-15(9-16)20(22)26/h3,5-6,9-10,13-14,17-18H,4,7-8,11-12H2,1-2H3,(H2,22,26)(H,23,24)/t14-,17?,18?,21?/m1/s1. The number of hydrogen-bond donors (Lipinski definition) is 2. The van der Waals surface area contributed by atoms with Crippen LogP contribution in [0.3, 0.4) is 0 Å². The number of primary amides is 1. The van der Waals surface area contributed by atoms with E-state index in [4.69, 9.17) is 10.5 Å². The molecular weight excluding hydrogens is 340 g/mol. The van der Waals surface area contributed by atoms with Gasteiger partial charge in [-0.2, -0.15) is 0 Å². The molecule has 2 aromatic rings. The molecule has 1 aliphatic carbocycles. The fourth-order valence-corrected chi connectivity index (χ4v) is 5.31. The van der Waals surface area contributed by atoms with Crippen LogP contribution < -0.4 is 5.73 Å². The van der Waals surface area contributed by atoms with Gasteiger partial charge in [0.1, 0.15) is 5.60 Å². The molecule has 1 saturated carbocycles. The second-order valence-corrected chi connectivity index (χ2v) is 7.90. The van der Waals surface area contributed by atoms with E-state index in [0.717, 1.165) is 37.2 Å². The average Bonchev–Trinajstić information content (AvgIpc) is 3.21. The van der Waals surface area contributed by atoms with Crippen LogP contribution in [-0.4, -0.2) is 41.0 Å². The zero-order valence-corrected chi connectivity index (χ0v) is 16.0. The molecule has 2 unspecified atom stereocenters. The molecule has 2 heterocycles. The highest BCUT2D eigenvalue weighted by molar-refractivity contribution is 5.92. The van der Waals surface area contributed by atoms with Gasteiger partial charge >= 0.3 is 0 Å². The molecule has 4 rings (SSSR count). The van der Waals surface area contributed by atoms with Crippen molar-refractivity contribution in [2.75, 3.05) is 20.2 Å². The maximum atomic E-state index is 11.7. The van der Waals surface area contributed by atoms with E-state index in [0.29, 0.717) is 23.4 Å². The van der Waals surface area contributed by atoms with Crippen LogP contribution in [0.2, 0.25) is 0 Å². The summed E-state index contributed by atoms with van der Waals surface area (Å²) in [5, 5.41) is 0. The van der Waals surface area contributed by atoms with Crippen molar-refractivity contribution in [1.82, 2.24) is 14.9 Å². The minimum atomic E-state index is -0.390. The minimum Gasteiger partial charge on any atom is -0.373 e. The summed E-state index contributed by atoms with van der Waals surface area (Å²) in [5.74, 6) is 0.366. The summed E-state index contributed by atoms with van der Waals surface area (Å²) >= 11 is 0. The molecule has 1 aliphatic heterocycles. The lowest BCUT2D eigenvalue weighted by Gasteiger charge is -2.56. The van der Waals surface area contributed by atoms with E-state index in [-0.39, 0.29) is 5.60 Å². The van der Waals surface area contributed by atoms with Gasteiger partial charge in [0.15, 0.2) is 0 Å². The van der Waals surface area contributed by atoms with Crippen molar-refractivity contribution in [2.24, 2.45) is 17.6 Å². The third kappa shape index (κ3) is 2.97. The van der Waals surface area contributed by atoms with E-state index in [9.17, 15) is 4.79 Å². The van der Waals surface area contributed by atoms with E-state index >= 15 is 0 Å². The summed E-state index contributed by atoms with van der Waals surface area (Å²) in [5.41, 5.74) is 7.96. The number of rotatable bonds is 5. The highest BCUT2D eigenvalue weighted by Crippen LogP contribution is 2.52. The molecule has 6 nitrogen and oxygen atoms in total. The van der Waals surface area contributed by atoms with Gasteiger partial charge in [0.25, 0.3) is 0 Å². The Labute approximate surface area is 160 Å². The van der Waals surface area contributed by atoms with E-state index in [1.807, 2.05) is 25.4 Å². The lowest BCUT2D eigenvalue weighted by atomic mass is 9.62. The van der Waals surface area contributed by atoms with Gasteiger partial charge in [0.05, 0.1) is 12.0 Å². The Bertz CT molecular complexity index is 790. The van der Waals surface area contributed by atoms with Crippen LogP contribution in [-0.2, 0) is 10.3 Å². The van der Waals surface area contributed by atoms with Gasteiger partial charge in [0.2, 0.25) is 5.91 Å². The van der Waals surface area contributed by atoms with Crippen LogP contribution >= 0.6 is 0 Å². The van der Waals surface area contributed by atoms with Crippen molar-refractivity contribution >= 4 is 5.91 Å². The predicted molar refractivity (Wildman–Crippen MR) is 103 cm³/mol. The van der Waals surface area contributed by atoms with Gasteiger partial charge in [-0.1, -0.05) is 18.6 Å². The number of carbonyl (C=O) groups is 1. The number of aromatic amines is 1. The largest absolute Gasteiger partial charge is 0.373 e. The van der Waals surface area contributed by atoms with Gasteiger partial charge in [-0.05, 0) is 37.5 Å². The molecule has 2 fully saturated rings. The third-order valence-corrected chi connectivity index (χ3v) is 6.68. The number of likely N-dealkylation sites (tertiary alicyclic amines) is 1. The van der Waals surface area contributed by atoms with Crippen LogP contribution in [0.1, 0.15) is 53.8 Å². The van der Waals surface area contributed by atoms with Crippen molar-refractivity contribution in [3.63, 3.8) is 0 Å².